The van der Waals surface area contributed by atoms with Gasteiger partial charge in [-0.25, -0.2) is 13.5 Å². The third-order valence-electron chi connectivity index (χ3n) is 6.12. The predicted molar refractivity (Wildman–Crippen MR) is 136 cm³/mol. The van der Waals surface area contributed by atoms with Crippen molar-refractivity contribution in [1.82, 2.24) is 14.7 Å². The summed E-state index contributed by atoms with van der Waals surface area (Å²) >= 11 is 0. The van der Waals surface area contributed by atoms with Gasteiger partial charge in [0.25, 0.3) is 0 Å². The van der Waals surface area contributed by atoms with Crippen molar-refractivity contribution in [2.45, 2.75) is 38.5 Å². The Balaban J connectivity index is 1.66. The molecular weight excluding hydrogens is 480 g/mol. The highest BCUT2D eigenvalue weighted by Crippen LogP contribution is 2.33. The molecular formula is C28H33F2N3O4. The van der Waals surface area contributed by atoms with Gasteiger partial charge < -0.3 is 19.3 Å². The Morgan fingerprint density at radius 1 is 1.27 bits per heavy atom. The molecule has 0 spiro atoms. The van der Waals surface area contributed by atoms with Gasteiger partial charge >= 0.3 is 0 Å². The first-order valence-corrected chi connectivity index (χ1v) is 12.4. The number of halogens is 2. The second kappa shape index (κ2) is 12.9. The number of rotatable bonds is 13. The van der Waals surface area contributed by atoms with Crippen molar-refractivity contribution in [2.75, 3.05) is 32.9 Å². The van der Waals surface area contributed by atoms with E-state index in [1.165, 1.54) is 6.07 Å². The van der Waals surface area contributed by atoms with Crippen LogP contribution in [-0.4, -0.2) is 64.9 Å². The van der Waals surface area contributed by atoms with Gasteiger partial charge in [0.1, 0.15) is 5.82 Å². The van der Waals surface area contributed by atoms with Gasteiger partial charge in [-0.2, -0.15) is 5.10 Å². The fraction of sp³-hybridized carbons (Fsp3) is 0.393. The maximum Gasteiger partial charge on any atom is 0.227 e. The van der Waals surface area contributed by atoms with E-state index in [0.717, 1.165) is 36.2 Å². The topological polar surface area (TPSA) is 69.0 Å². The molecule has 2 unspecified atom stereocenters. The monoisotopic (exact) mass is 513 g/mol. The van der Waals surface area contributed by atoms with E-state index in [1.807, 2.05) is 37.3 Å². The summed E-state index contributed by atoms with van der Waals surface area (Å²) in [7, 11) is 0. The van der Waals surface area contributed by atoms with Crippen LogP contribution in [0.1, 0.15) is 24.1 Å². The van der Waals surface area contributed by atoms with Crippen molar-refractivity contribution in [3.63, 3.8) is 0 Å². The first kappa shape index (κ1) is 26.9. The maximum absolute atomic E-state index is 14.6. The molecule has 1 aliphatic heterocycles. The van der Waals surface area contributed by atoms with Crippen molar-refractivity contribution in [2.24, 2.45) is 0 Å². The van der Waals surface area contributed by atoms with Crippen molar-refractivity contribution in [1.29, 1.82) is 0 Å². The van der Waals surface area contributed by atoms with E-state index in [-0.39, 0.29) is 18.5 Å². The molecule has 0 aliphatic carbocycles. The van der Waals surface area contributed by atoms with Crippen molar-refractivity contribution >= 4 is 0 Å². The number of nitrogens with zero attached hydrogens (tertiary/aromatic N) is 3. The first-order valence-electron chi connectivity index (χ1n) is 12.4. The number of aliphatic hydroxyl groups excluding tert-OH is 1. The molecule has 0 saturated carbocycles. The van der Waals surface area contributed by atoms with Gasteiger partial charge in [0, 0.05) is 32.3 Å². The smallest absolute Gasteiger partial charge is 0.227 e. The molecule has 3 aromatic rings. The van der Waals surface area contributed by atoms with Crippen molar-refractivity contribution in [3.8, 4) is 17.3 Å². The van der Waals surface area contributed by atoms with Gasteiger partial charge in [-0.05, 0) is 44.0 Å². The zero-order valence-corrected chi connectivity index (χ0v) is 21.0. The Hall–Kier alpha value is -3.11. The highest BCUT2D eigenvalue weighted by atomic mass is 19.1. The summed E-state index contributed by atoms with van der Waals surface area (Å²) in [5.41, 5.74) is 2.15. The van der Waals surface area contributed by atoms with Crippen LogP contribution in [0, 0.1) is 18.6 Å². The van der Waals surface area contributed by atoms with Gasteiger partial charge in [0.05, 0.1) is 42.4 Å². The Morgan fingerprint density at radius 2 is 2.08 bits per heavy atom. The second-order valence-corrected chi connectivity index (χ2v) is 9.10. The third kappa shape index (κ3) is 7.23. The van der Waals surface area contributed by atoms with Gasteiger partial charge in [-0.3, -0.25) is 4.90 Å². The molecule has 1 aromatic heterocycles. The second-order valence-electron chi connectivity index (χ2n) is 9.10. The van der Waals surface area contributed by atoms with Crippen LogP contribution in [0.5, 0.6) is 11.6 Å². The summed E-state index contributed by atoms with van der Waals surface area (Å²) in [5.74, 6) is -1.28. The number of para-hydroxylation sites is 1. The van der Waals surface area contributed by atoms with E-state index in [4.69, 9.17) is 14.2 Å². The summed E-state index contributed by atoms with van der Waals surface area (Å²) in [6, 6.07) is 12.6. The van der Waals surface area contributed by atoms with Crippen molar-refractivity contribution in [3.05, 3.63) is 84.1 Å². The lowest BCUT2D eigenvalue weighted by Gasteiger charge is -2.27. The van der Waals surface area contributed by atoms with E-state index in [9.17, 15) is 13.9 Å². The van der Waals surface area contributed by atoms with Gasteiger partial charge in [-0.15, -0.1) is 6.58 Å². The first-order chi connectivity index (χ1) is 17.9. The molecule has 2 heterocycles. The average Bonchev–Trinajstić information content (AvgIpc) is 3.50. The third-order valence-corrected chi connectivity index (χ3v) is 6.12. The van der Waals surface area contributed by atoms with Crippen LogP contribution in [0.3, 0.4) is 0 Å². The standard InChI is InChI=1S/C28H33F2N3O4/c1-3-13-35-19-23(34)16-32(17-24-10-7-14-36-24)18-25-20(2)31-33(22-8-5-4-6-9-22)28(25)37-27-12-11-21(29)15-26(27)30/h3-6,8-9,11-12,15,23-24,34H,1,7,10,13-14,16-19H2,2H3. The van der Waals surface area contributed by atoms with Gasteiger partial charge in [-0.1, -0.05) is 24.3 Å². The Kier molecular flexibility index (Phi) is 9.40. The van der Waals surface area contributed by atoms with Crippen molar-refractivity contribution < 1.29 is 28.1 Å². The quantitative estimate of drug-likeness (QED) is 0.262. The van der Waals surface area contributed by atoms with Crippen LogP contribution >= 0.6 is 0 Å². The highest BCUT2D eigenvalue weighted by Gasteiger charge is 2.26. The number of hydrogen-bond acceptors (Lipinski definition) is 6. The molecule has 1 aliphatic rings. The molecule has 1 fully saturated rings. The van der Waals surface area contributed by atoms with E-state index in [0.29, 0.717) is 44.4 Å². The SMILES string of the molecule is C=CCOCC(O)CN(Cc1c(C)nn(-c2ccccc2)c1Oc1ccc(F)cc1F)CC1CCCO1. The lowest BCUT2D eigenvalue weighted by Crippen LogP contribution is -2.39. The van der Waals surface area contributed by atoms with E-state index in [1.54, 1.807) is 10.8 Å². The molecule has 1 saturated heterocycles. The molecule has 1 N–H and O–H groups in total. The Labute approximate surface area is 215 Å². The Bertz CT molecular complexity index is 1170. The summed E-state index contributed by atoms with van der Waals surface area (Å²) in [6.45, 7) is 8.02. The molecule has 0 radical (unpaired) electrons. The molecule has 7 nitrogen and oxygen atoms in total. The van der Waals surface area contributed by atoms with Crippen LogP contribution in [-0.2, 0) is 16.0 Å². The van der Waals surface area contributed by atoms with Crippen LogP contribution in [0.15, 0.2) is 61.2 Å². The van der Waals surface area contributed by atoms with Crippen LogP contribution < -0.4 is 4.74 Å². The predicted octanol–water partition coefficient (Wildman–Crippen LogP) is 4.80. The van der Waals surface area contributed by atoms with E-state index < -0.39 is 17.7 Å². The minimum absolute atomic E-state index is 0.0460. The maximum atomic E-state index is 14.6. The number of hydrogen-bond donors (Lipinski definition) is 1. The summed E-state index contributed by atoms with van der Waals surface area (Å²) in [4.78, 5) is 2.07. The van der Waals surface area contributed by atoms with Gasteiger partial charge in [0.2, 0.25) is 5.88 Å². The molecule has 37 heavy (non-hydrogen) atoms. The largest absolute Gasteiger partial charge is 0.435 e. The summed E-state index contributed by atoms with van der Waals surface area (Å²) in [5, 5.41) is 15.3. The summed E-state index contributed by atoms with van der Waals surface area (Å²) in [6.07, 6.45) is 2.88. The zero-order chi connectivity index (χ0) is 26.2. The molecule has 198 valence electrons. The lowest BCUT2D eigenvalue weighted by atomic mass is 10.1. The number of benzene rings is 2. The lowest BCUT2D eigenvalue weighted by molar-refractivity contribution is 0.00836. The molecule has 2 aromatic carbocycles. The van der Waals surface area contributed by atoms with E-state index >= 15 is 0 Å². The zero-order valence-electron chi connectivity index (χ0n) is 21.0. The Morgan fingerprint density at radius 3 is 2.78 bits per heavy atom. The fourth-order valence-corrected chi connectivity index (χ4v) is 4.37. The van der Waals surface area contributed by atoms with E-state index in [2.05, 4.69) is 16.6 Å². The molecule has 9 heteroatoms. The van der Waals surface area contributed by atoms with Crippen LogP contribution in [0.2, 0.25) is 0 Å². The minimum atomic E-state index is -0.810. The molecule has 4 rings (SSSR count). The fourth-order valence-electron chi connectivity index (χ4n) is 4.37. The number of aromatic nitrogens is 2. The number of aliphatic hydroxyl groups is 1. The van der Waals surface area contributed by atoms with Gasteiger partial charge in [0.15, 0.2) is 11.6 Å². The molecule has 0 bridgehead atoms. The van der Waals surface area contributed by atoms with Crippen LogP contribution in [0.4, 0.5) is 8.78 Å². The number of aryl methyl sites for hydroxylation is 1. The average molecular weight is 514 g/mol. The van der Waals surface area contributed by atoms with Crippen LogP contribution in [0.25, 0.3) is 5.69 Å². The minimum Gasteiger partial charge on any atom is -0.435 e. The highest BCUT2D eigenvalue weighted by molar-refractivity contribution is 5.43. The molecule has 2 atom stereocenters. The summed E-state index contributed by atoms with van der Waals surface area (Å²) < 4.78 is 47.1. The normalized spacial score (nSPS) is 16.3. The number of ether oxygens (including phenoxy) is 3. The molecule has 0 amide bonds.